The van der Waals surface area contributed by atoms with Gasteiger partial charge in [0.25, 0.3) is 0 Å². The van der Waals surface area contributed by atoms with Gasteiger partial charge in [0, 0.05) is 18.0 Å². The molecule has 0 radical (unpaired) electrons. The number of pyridine rings is 1. The molecule has 1 aromatic heterocycles. The highest BCUT2D eigenvalue weighted by molar-refractivity contribution is 6.03. The number of aryl methyl sites for hydroxylation is 1. The van der Waals surface area contributed by atoms with Crippen molar-refractivity contribution in [2.24, 2.45) is 11.7 Å². The normalized spacial score (nSPS) is 19.9. The lowest BCUT2D eigenvalue weighted by molar-refractivity contribution is 0.0772. The van der Waals surface area contributed by atoms with E-state index in [4.69, 9.17) is 5.73 Å². The van der Waals surface area contributed by atoms with Crippen LogP contribution in [-0.4, -0.2) is 16.3 Å². The first-order valence-corrected chi connectivity index (χ1v) is 5.77. The van der Waals surface area contributed by atoms with Crippen LogP contribution in [0.4, 0.5) is 0 Å². The Kier molecular flexibility index (Phi) is 2.80. The molecule has 1 aromatic rings. The number of Topliss-reactive ketones (excluding diaryl/α,β-unsaturated/α-hetero) is 1. The minimum Gasteiger partial charge on any atom is -0.319 e. The van der Waals surface area contributed by atoms with Crippen LogP contribution in [0, 0.1) is 12.8 Å². The highest BCUT2D eigenvalue weighted by Crippen LogP contribution is 2.36. The van der Waals surface area contributed by atoms with E-state index in [2.05, 4.69) is 4.98 Å². The third-order valence-corrected chi connectivity index (χ3v) is 3.58. The van der Waals surface area contributed by atoms with Gasteiger partial charge in [-0.2, -0.15) is 0 Å². The van der Waals surface area contributed by atoms with Crippen molar-refractivity contribution in [1.82, 2.24) is 4.98 Å². The van der Waals surface area contributed by atoms with Crippen LogP contribution in [0.5, 0.6) is 0 Å². The fraction of sp³-hybridized carbons (Fsp3) is 0.538. The summed E-state index contributed by atoms with van der Waals surface area (Å²) in [5.41, 5.74) is 7.07. The number of rotatable bonds is 3. The number of carbonyl (C=O) groups excluding carboxylic acids is 1. The number of nitrogens with two attached hydrogens (primary N) is 1. The van der Waals surface area contributed by atoms with Gasteiger partial charge in [-0.15, -0.1) is 0 Å². The predicted octanol–water partition coefficient (Wildman–Crippen LogP) is 2.09. The summed E-state index contributed by atoms with van der Waals surface area (Å²) in [6, 6.07) is 1.86. The van der Waals surface area contributed by atoms with Crippen molar-refractivity contribution < 1.29 is 4.79 Å². The summed E-state index contributed by atoms with van der Waals surface area (Å²) in [6.07, 6.45) is 6.68. The second kappa shape index (κ2) is 3.98. The molecule has 2 N–H and O–H groups in total. The van der Waals surface area contributed by atoms with Crippen molar-refractivity contribution in [2.45, 2.75) is 38.6 Å². The summed E-state index contributed by atoms with van der Waals surface area (Å²) in [5.74, 6) is 0.355. The lowest BCUT2D eigenvalue weighted by atomic mass is 9.69. The van der Waals surface area contributed by atoms with Crippen LogP contribution in [0.1, 0.15) is 42.1 Å². The third-order valence-electron chi connectivity index (χ3n) is 3.58. The molecule has 1 atom stereocenters. The second-order valence-corrected chi connectivity index (χ2v) is 4.99. The molecular formula is C13H18N2O. The molecule has 1 saturated carbocycles. The molecule has 1 aliphatic rings. The zero-order valence-electron chi connectivity index (χ0n) is 9.86. The molecule has 16 heavy (non-hydrogen) atoms. The lowest BCUT2D eigenvalue weighted by Crippen LogP contribution is -2.53. The van der Waals surface area contributed by atoms with Gasteiger partial charge in [0.05, 0.1) is 5.54 Å². The molecule has 0 spiro atoms. The van der Waals surface area contributed by atoms with E-state index in [1.54, 1.807) is 12.4 Å². The molecule has 0 aliphatic heterocycles. The SMILES string of the molecule is Cc1cncc(C(=O)C(C)(N)C2CCC2)c1. The maximum atomic E-state index is 12.3. The number of hydrogen-bond donors (Lipinski definition) is 1. The Morgan fingerprint density at radius 1 is 1.50 bits per heavy atom. The molecule has 1 aliphatic carbocycles. The van der Waals surface area contributed by atoms with Crippen molar-refractivity contribution in [1.29, 1.82) is 0 Å². The van der Waals surface area contributed by atoms with Gasteiger partial charge in [-0.25, -0.2) is 0 Å². The van der Waals surface area contributed by atoms with Crippen LogP contribution in [0.15, 0.2) is 18.5 Å². The quantitative estimate of drug-likeness (QED) is 0.790. The first-order chi connectivity index (χ1) is 7.51. The van der Waals surface area contributed by atoms with E-state index in [-0.39, 0.29) is 5.78 Å². The molecular weight excluding hydrogens is 200 g/mol. The van der Waals surface area contributed by atoms with E-state index in [9.17, 15) is 4.79 Å². The molecule has 0 saturated heterocycles. The fourth-order valence-corrected chi connectivity index (χ4v) is 2.18. The van der Waals surface area contributed by atoms with Crippen LogP contribution in [0.3, 0.4) is 0 Å². The standard InChI is InChI=1S/C13H18N2O/c1-9-6-10(8-15-7-9)12(16)13(2,14)11-4-3-5-11/h6-8,11H,3-5,14H2,1-2H3. The van der Waals surface area contributed by atoms with Gasteiger partial charge in [-0.3, -0.25) is 9.78 Å². The van der Waals surface area contributed by atoms with E-state index in [1.807, 2.05) is 19.9 Å². The first-order valence-electron chi connectivity index (χ1n) is 5.77. The van der Waals surface area contributed by atoms with Gasteiger partial charge in [-0.1, -0.05) is 6.42 Å². The average molecular weight is 218 g/mol. The number of carbonyl (C=O) groups is 1. The molecule has 1 unspecified atom stereocenters. The summed E-state index contributed by atoms with van der Waals surface area (Å²) in [4.78, 5) is 16.3. The van der Waals surface area contributed by atoms with Crippen molar-refractivity contribution in [3.63, 3.8) is 0 Å². The summed E-state index contributed by atoms with van der Waals surface area (Å²) >= 11 is 0. The Balaban J connectivity index is 2.24. The van der Waals surface area contributed by atoms with Crippen molar-refractivity contribution in [2.75, 3.05) is 0 Å². The zero-order valence-corrected chi connectivity index (χ0v) is 9.86. The van der Waals surface area contributed by atoms with Crippen LogP contribution in [-0.2, 0) is 0 Å². The van der Waals surface area contributed by atoms with E-state index < -0.39 is 5.54 Å². The van der Waals surface area contributed by atoms with Gasteiger partial charge in [0.1, 0.15) is 0 Å². The average Bonchev–Trinajstić information content (AvgIpc) is 2.13. The summed E-state index contributed by atoms with van der Waals surface area (Å²) < 4.78 is 0. The maximum Gasteiger partial charge on any atom is 0.184 e. The smallest absolute Gasteiger partial charge is 0.184 e. The van der Waals surface area contributed by atoms with Crippen LogP contribution < -0.4 is 5.73 Å². The Bertz CT molecular complexity index is 408. The third kappa shape index (κ3) is 1.87. The topological polar surface area (TPSA) is 56.0 Å². The maximum absolute atomic E-state index is 12.3. The fourth-order valence-electron chi connectivity index (χ4n) is 2.18. The van der Waals surface area contributed by atoms with E-state index in [0.717, 1.165) is 18.4 Å². The van der Waals surface area contributed by atoms with Gasteiger partial charge < -0.3 is 5.73 Å². The Labute approximate surface area is 96.1 Å². The van der Waals surface area contributed by atoms with E-state index >= 15 is 0 Å². The monoisotopic (exact) mass is 218 g/mol. The Morgan fingerprint density at radius 3 is 2.69 bits per heavy atom. The minimum atomic E-state index is -0.728. The summed E-state index contributed by atoms with van der Waals surface area (Å²) in [6.45, 7) is 3.78. The van der Waals surface area contributed by atoms with Crippen molar-refractivity contribution >= 4 is 5.78 Å². The molecule has 2 rings (SSSR count). The zero-order chi connectivity index (χ0) is 11.8. The minimum absolute atomic E-state index is 0.0217. The van der Waals surface area contributed by atoms with Crippen molar-refractivity contribution in [3.05, 3.63) is 29.6 Å². The Hall–Kier alpha value is -1.22. The van der Waals surface area contributed by atoms with Gasteiger partial charge in [0.15, 0.2) is 5.78 Å². The number of aromatic nitrogens is 1. The predicted molar refractivity (Wildman–Crippen MR) is 63.2 cm³/mol. The molecule has 0 bridgehead atoms. The molecule has 3 nitrogen and oxygen atoms in total. The summed E-state index contributed by atoms with van der Waals surface area (Å²) in [7, 11) is 0. The van der Waals surface area contributed by atoms with E-state index in [0.29, 0.717) is 11.5 Å². The molecule has 1 heterocycles. The molecule has 86 valence electrons. The number of ketones is 1. The second-order valence-electron chi connectivity index (χ2n) is 4.99. The highest BCUT2D eigenvalue weighted by Gasteiger charge is 2.40. The highest BCUT2D eigenvalue weighted by atomic mass is 16.1. The van der Waals surface area contributed by atoms with Gasteiger partial charge in [0.2, 0.25) is 0 Å². The van der Waals surface area contributed by atoms with Crippen LogP contribution in [0.2, 0.25) is 0 Å². The van der Waals surface area contributed by atoms with Crippen LogP contribution >= 0.6 is 0 Å². The molecule has 0 amide bonds. The number of hydrogen-bond acceptors (Lipinski definition) is 3. The molecule has 1 fully saturated rings. The van der Waals surface area contributed by atoms with Gasteiger partial charge in [-0.05, 0) is 44.2 Å². The molecule has 3 heteroatoms. The van der Waals surface area contributed by atoms with Crippen molar-refractivity contribution in [3.8, 4) is 0 Å². The lowest BCUT2D eigenvalue weighted by Gasteiger charge is -2.38. The Morgan fingerprint density at radius 2 is 2.19 bits per heavy atom. The first kappa shape index (κ1) is 11.3. The largest absolute Gasteiger partial charge is 0.319 e. The molecule has 0 aromatic carbocycles. The van der Waals surface area contributed by atoms with E-state index in [1.165, 1.54) is 6.42 Å². The van der Waals surface area contributed by atoms with Crippen LogP contribution in [0.25, 0.3) is 0 Å². The van der Waals surface area contributed by atoms with Gasteiger partial charge >= 0.3 is 0 Å². The summed E-state index contributed by atoms with van der Waals surface area (Å²) in [5, 5.41) is 0. The number of nitrogens with zero attached hydrogens (tertiary/aromatic N) is 1.